The zero-order valence-corrected chi connectivity index (χ0v) is 9.75. The Morgan fingerprint density at radius 1 is 0.824 bits per heavy atom. The Labute approximate surface area is 101 Å². The number of rotatable bonds is 0. The molecular formula is C15H14N2. The summed E-state index contributed by atoms with van der Waals surface area (Å²) in [5.41, 5.74) is 2.27. The Morgan fingerprint density at radius 2 is 1.59 bits per heavy atom. The van der Waals surface area contributed by atoms with Crippen LogP contribution in [0.5, 0.6) is 0 Å². The van der Waals surface area contributed by atoms with Crippen molar-refractivity contribution in [2.45, 2.75) is 6.92 Å². The standard InChI is InChI=1S/C9H7N.C6H7N/c1-2-6-9-8(4-1)5-3-7-10-9;1-6-3-2-4-7-5-6/h1-7H;2-5H,1H3. The molecule has 2 aromatic heterocycles. The van der Waals surface area contributed by atoms with Crippen LogP contribution in [0.1, 0.15) is 5.56 Å². The molecule has 0 saturated carbocycles. The van der Waals surface area contributed by atoms with Gasteiger partial charge in [-0.15, -0.1) is 0 Å². The van der Waals surface area contributed by atoms with Gasteiger partial charge in [0.25, 0.3) is 0 Å². The van der Waals surface area contributed by atoms with E-state index in [9.17, 15) is 0 Å². The highest BCUT2D eigenvalue weighted by Gasteiger charge is 1.86. The van der Waals surface area contributed by atoms with Gasteiger partial charge in [-0.3, -0.25) is 9.97 Å². The summed E-state index contributed by atoms with van der Waals surface area (Å²) in [5, 5.41) is 1.20. The normalized spacial score (nSPS) is 9.47. The van der Waals surface area contributed by atoms with E-state index in [1.807, 2.05) is 55.7 Å². The van der Waals surface area contributed by atoms with Gasteiger partial charge in [0.2, 0.25) is 0 Å². The molecule has 0 spiro atoms. The van der Waals surface area contributed by atoms with Gasteiger partial charge >= 0.3 is 0 Å². The van der Waals surface area contributed by atoms with Crippen LogP contribution in [0.15, 0.2) is 67.1 Å². The van der Waals surface area contributed by atoms with Gasteiger partial charge in [-0.2, -0.15) is 0 Å². The topological polar surface area (TPSA) is 25.8 Å². The minimum absolute atomic E-state index is 1.06. The Bertz CT molecular complexity index is 511. The second kappa shape index (κ2) is 5.75. The lowest BCUT2D eigenvalue weighted by Crippen LogP contribution is -1.73. The number of para-hydroxylation sites is 1. The third-order valence-electron chi connectivity index (χ3n) is 2.32. The smallest absolute Gasteiger partial charge is 0.0701 e. The summed E-state index contributed by atoms with van der Waals surface area (Å²) < 4.78 is 0. The molecule has 0 radical (unpaired) electrons. The molecule has 0 amide bonds. The second-order valence-electron chi connectivity index (χ2n) is 3.73. The van der Waals surface area contributed by atoms with Gasteiger partial charge in [0.05, 0.1) is 5.52 Å². The minimum atomic E-state index is 1.06. The highest BCUT2D eigenvalue weighted by atomic mass is 14.6. The van der Waals surface area contributed by atoms with E-state index in [2.05, 4.69) is 22.1 Å². The highest BCUT2D eigenvalue weighted by molar-refractivity contribution is 5.77. The fourth-order valence-corrected chi connectivity index (χ4v) is 1.46. The van der Waals surface area contributed by atoms with Crippen molar-refractivity contribution in [1.82, 2.24) is 9.97 Å². The van der Waals surface area contributed by atoms with E-state index in [1.54, 1.807) is 6.20 Å². The van der Waals surface area contributed by atoms with Crippen LogP contribution in [0, 0.1) is 6.92 Å². The van der Waals surface area contributed by atoms with Gasteiger partial charge in [-0.25, -0.2) is 0 Å². The molecule has 0 fully saturated rings. The zero-order valence-electron chi connectivity index (χ0n) is 9.75. The first-order valence-electron chi connectivity index (χ1n) is 5.52. The fourth-order valence-electron chi connectivity index (χ4n) is 1.46. The molecule has 84 valence electrons. The van der Waals surface area contributed by atoms with Gasteiger partial charge in [0, 0.05) is 24.0 Å². The molecule has 3 rings (SSSR count). The Balaban J connectivity index is 0.000000136. The number of benzene rings is 1. The van der Waals surface area contributed by atoms with Gasteiger partial charge < -0.3 is 0 Å². The SMILES string of the molecule is Cc1cccnc1.c1ccc2ncccc2c1. The molecule has 0 aliphatic rings. The largest absolute Gasteiger partial charge is 0.264 e. The summed E-state index contributed by atoms with van der Waals surface area (Å²) in [6.45, 7) is 2.02. The molecule has 0 unspecified atom stereocenters. The van der Waals surface area contributed by atoms with Crippen molar-refractivity contribution in [2.75, 3.05) is 0 Å². The van der Waals surface area contributed by atoms with Crippen molar-refractivity contribution >= 4 is 10.9 Å². The van der Waals surface area contributed by atoms with Crippen molar-refractivity contribution < 1.29 is 0 Å². The molecule has 2 heteroatoms. The van der Waals surface area contributed by atoms with Crippen LogP contribution in [0.25, 0.3) is 10.9 Å². The summed E-state index contributed by atoms with van der Waals surface area (Å²) >= 11 is 0. The van der Waals surface area contributed by atoms with Crippen molar-refractivity contribution in [2.24, 2.45) is 0 Å². The van der Waals surface area contributed by atoms with Crippen LogP contribution >= 0.6 is 0 Å². The van der Waals surface area contributed by atoms with E-state index in [4.69, 9.17) is 0 Å². The predicted octanol–water partition coefficient (Wildman–Crippen LogP) is 3.62. The number of hydrogen-bond donors (Lipinski definition) is 0. The van der Waals surface area contributed by atoms with Gasteiger partial charge in [-0.05, 0) is 30.7 Å². The van der Waals surface area contributed by atoms with Crippen molar-refractivity contribution in [3.05, 3.63) is 72.7 Å². The highest BCUT2D eigenvalue weighted by Crippen LogP contribution is 2.07. The van der Waals surface area contributed by atoms with Crippen LogP contribution in [0.4, 0.5) is 0 Å². The van der Waals surface area contributed by atoms with Crippen molar-refractivity contribution in [1.29, 1.82) is 0 Å². The molecule has 0 N–H and O–H groups in total. The average Bonchev–Trinajstić information content (AvgIpc) is 2.41. The molecule has 2 nitrogen and oxygen atoms in total. The molecule has 0 saturated heterocycles. The van der Waals surface area contributed by atoms with Crippen molar-refractivity contribution in [3.8, 4) is 0 Å². The van der Waals surface area contributed by atoms with Gasteiger partial charge in [0.1, 0.15) is 0 Å². The maximum absolute atomic E-state index is 4.18. The molecule has 0 aliphatic heterocycles. The lowest BCUT2D eigenvalue weighted by molar-refractivity contribution is 1.27. The molecule has 0 bridgehead atoms. The van der Waals surface area contributed by atoms with Crippen LogP contribution in [0.3, 0.4) is 0 Å². The van der Waals surface area contributed by atoms with Crippen LogP contribution in [0.2, 0.25) is 0 Å². The minimum Gasteiger partial charge on any atom is -0.264 e. The number of pyridine rings is 2. The third kappa shape index (κ3) is 3.38. The Hall–Kier alpha value is -2.22. The molecule has 2 heterocycles. The summed E-state index contributed by atoms with van der Waals surface area (Å²) in [7, 11) is 0. The Kier molecular flexibility index (Phi) is 3.81. The van der Waals surface area contributed by atoms with Crippen LogP contribution in [-0.4, -0.2) is 9.97 Å². The number of nitrogens with zero attached hydrogens (tertiary/aromatic N) is 2. The lowest BCUT2D eigenvalue weighted by Gasteiger charge is -1.91. The summed E-state index contributed by atoms with van der Waals surface area (Å²) in [4.78, 5) is 8.07. The van der Waals surface area contributed by atoms with Crippen LogP contribution in [-0.2, 0) is 0 Å². The summed E-state index contributed by atoms with van der Waals surface area (Å²) in [5.74, 6) is 0. The first-order valence-corrected chi connectivity index (χ1v) is 5.52. The number of aryl methyl sites for hydroxylation is 1. The summed E-state index contributed by atoms with van der Waals surface area (Å²) in [6, 6.07) is 16.0. The number of aromatic nitrogens is 2. The second-order valence-corrected chi connectivity index (χ2v) is 3.73. The molecule has 3 aromatic rings. The first-order chi connectivity index (χ1) is 8.36. The van der Waals surface area contributed by atoms with E-state index in [0.29, 0.717) is 0 Å². The number of fused-ring (bicyclic) bond motifs is 1. The van der Waals surface area contributed by atoms with E-state index in [1.165, 1.54) is 10.9 Å². The lowest BCUT2D eigenvalue weighted by atomic mass is 10.2. The quantitative estimate of drug-likeness (QED) is 0.580. The molecule has 0 atom stereocenters. The zero-order chi connectivity index (χ0) is 11.9. The van der Waals surface area contributed by atoms with E-state index in [-0.39, 0.29) is 0 Å². The fraction of sp³-hybridized carbons (Fsp3) is 0.0667. The molecule has 1 aromatic carbocycles. The predicted molar refractivity (Wildman–Crippen MR) is 70.7 cm³/mol. The van der Waals surface area contributed by atoms with E-state index >= 15 is 0 Å². The summed E-state index contributed by atoms with van der Waals surface area (Å²) in [6.07, 6.45) is 5.41. The van der Waals surface area contributed by atoms with Gasteiger partial charge in [0.15, 0.2) is 0 Å². The third-order valence-corrected chi connectivity index (χ3v) is 2.32. The Morgan fingerprint density at radius 3 is 2.24 bits per heavy atom. The first kappa shape index (κ1) is 11.3. The van der Waals surface area contributed by atoms with Crippen LogP contribution < -0.4 is 0 Å². The maximum atomic E-state index is 4.18. The molecule has 0 aliphatic carbocycles. The monoisotopic (exact) mass is 222 g/mol. The number of hydrogen-bond acceptors (Lipinski definition) is 2. The van der Waals surface area contributed by atoms with Gasteiger partial charge in [-0.1, -0.05) is 30.3 Å². The van der Waals surface area contributed by atoms with Crippen molar-refractivity contribution in [3.63, 3.8) is 0 Å². The molecular weight excluding hydrogens is 208 g/mol. The molecule has 17 heavy (non-hydrogen) atoms. The average molecular weight is 222 g/mol. The van der Waals surface area contributed by atoms with E-state index < -0.39 is 0 Å². The van der Waals surface area contributed by atoms with E-state index in [0.717, 1.165) is 5.52 Å². The maximum Gasteiger partial charge on any atom is 0.0701 e.